The van der Waals surface area contributed by atoms with E-state index in [2.05, 4.69) is 5.32 Å². The van der Waals surface area contributed by atoms with Crippen LogP contribution in [0.2, 0.25) is 0 Å². The lowest BCUT2D eigenvalue weighted by Gasteiger charge is -2.41. The van der Waals surface area contributed by atoms with E-state index in [-0.39, 0.29) is 5.91 Å². The second-order valence-corrected chi connectivity index (χ2v) is 7.15. The number of amides is 2. The molecule has 6 nitrogen and oxygen atoms in total. The normalized spacial score (nSPS) is 15.0. The van der Waals surface area contributed by atoms with E-state index in [1.165, 1.54) is 4.90 Å². The highest BCUT2D eigenvalue weighted by molar-refractivity contribution is 6.14. The molecular formula is C21H22N2O4. The van der Waals surface area contributed by atoms with Gasteiger partial charge in [0.15, 0.2) is 6.61 Å². The van der Waals surface area contributed by atoms with Crippen molar-refractivity contribution in [2.45, 2.75) is 33.2 Å². The third-order valence-corrected chi connectivity index (χ3v) is 4.70. The van der Waals surface area contributed by atoms with Crippen LogP contribution in [0, 0.1) is 13.8 Å². The van der Waals surface area contributed by atoms with Gasteiger partial charge in [0.25, 0.3) is 5.91 Å². The van der Waals surface area contributed by atoms with Gasteiger partial charge in [-0.25, -0.2) is 4.79 Å². The number of rotatable bonds is 3. The zero-order chi connectivity index (χ0) is 19.8. The number of nitrogens with one attached hydrogen (secondary N) is 1. The molecule has 0 atom stereocenters. The van der Waals surface area contributed by atoms with Gasteiger partial charge in [0.2, 0.25) is 5.91 Å². The smallest absolute Gasteiger partial charge is 0.338 e. The van der Waals surface area contributed by atoms with Crippen molar-refractivity contribution in [3.8, 4) is 0 Å². The molecule has 0 bridgehead atoms. The number of fused-ring (bicyclic) bond motifs is 1. The van der Waals surface area contributed by atoms with E-state index < -0.39 is 24.0 Å². The lowest BCUT2D eigenvalue weighted by molar-refractivity contribution is -0.128. The summed E-state index contributed by atoms with van der Waals surface area (Å²) in [5.41, 5.74) is 2.17. The summed E-state index contributed by atoms with van der Waals surface area (Å²) in [6.07, 6.45) is 0. The van der Waals surface area contributed by atoms with Gasteiger partial charge in [0.05, 0.1) is 16.9 Å². The van der Waals surface area contributed by atoms with E-state index in [4.69, 9.17) is 4.74 Å². The van der Waals surface area contributed by atoms with E-state index >= 15 is 0 Å². The van der Waals surface area contributed by atoms with Crippen LogP contribution in [0.3, 0.4) is 0 Å². The number of hydrogen-bond acceptors (Lipinski definition) is 4. The number of para-hydroxylation sites is 2. The van der Waals surface area contributed by atoms with E-state index in [1.807, 2.05) is 26.0 Å². The van der Waals surface area contributed by atoms with Crippen LogP contribution in [0.15, 0.2) is 42.5 Å². The zero-order valence-electron chi connectivity index (χ0n) is 15.8. The van der Waals surface area contributed by atoms with Crippen molar-refractivity contribution < 1.29 is 19.1 Å². The summed E-state index contributed by atoms with van der Waals surface area (Å²) in [5, 5.41) is 2.80. The molecule has 140 valence electrons. The van der Waals surface area contributed by atoms with E-state index in [0.29, 0.717) is 16.9 Å². The summed E-state index contributed by atoms with van der Waals surface area (Å²) in [7, 11) is 0. The predicted molar refractivity (Wildman–Crippen MR) is 103 cm³/mol. The summed E-state index contributed by atoms with van der Waals surface area (Å²) in [6.45, 7) is 6.56. The van der Waals surface area contributed by atoms with Crippen LogP contribution in [0.25, 0.3) is 0 Å². The van der Waals surface area contributed by atoms with Crippen LogP contribution in [-0.2, 0) is 14.3 Å². The van der Waals surface area contributed by atoms with Gasteiger partial charge in [0.1, 0.15) is 5.54 Å². The minimum Gasteiger partial charge on any atom is -0.452 e. The summed E-state index contributed by atoms with van der Waals surface area (Å²) < 4.78 is 5.26. The first-order chi connectivity index (χ1) is 12.7. The zero-order valence-corrected chi connectivity index (χ0v) is 15.8. The number of hydrogen-bond donors (Lipinski definition) is 1. The average Bonchev–Trinajstić information content (AvgIpc) is 2.62. The largest absolute Gasteiger partial charge is 0.452 e. The van der Waals surface area contributed by atoms with Crippen molar-refractivity contribution in [3.05, 3.63) is 59.2 Å². The Morgan fingerprint density at radius 3 is 2.56 bits per heavy atom. The first-order valence-corrected chi connectivity index (χ1v) is 8.69. The summed E-state index contributed by atoms with van der Waals surface area (Å²) >= 11 is 0. The highest BCUT2D eigenvalue weighted by Gasteiger charge is 2.43. The van der Waals surface area contributed by atoms with Gasteiger partial charge in [-0.3, -0.25) is 14.5 Å². The van der Waals surface area contributed by atoms with Crippen LogP contribution in [-0.4, -0.2) is 29.9 Å². The van der Waals surface area contributed by atoms with Crippen LogP contribution in [0.1, 0.15) is 35.3 Å². The minimum atomic E-state index is -1.10. The quantitative estimate of drug-likeness (QED) is 0.847. The maximum absolute atomic E-state index is 12.9. The van der Waals surface area contributed by atoms with Crippen molar-refractivity contribution in [2.75, 3.05) is 16.8 Å². The number of aryl methyl sites for hydroxylation is 2. The van der Waals surface area contributed by atoms with Crippen molar-refractivity contribution >= 4 is 29.2 Å². The minimum absolute atomic E-state index is 0.296. The molecule has 0 fully saturated rings. The first-order valence-electron chi connectivity index (χ1n) is 8.69. The molecule has 3 rings (SSSR count). The van der Waals surface area contributed by atoms with Gasteiger partial charge < -0.3 is 10.1 Å². The van der Waals surface area contributed by atoms with Crippen molar-refractivity contribution in [3.63, 3.8) is 0 Å². The van der Waals surface area contributed by atoms with E-state index in [9.17, 15) is 14.4 Å². The number of benzene rings is 2. The third-order valence-electron chi connectivity index (χ3n) is 4.70. The number of ether oxygens (including phenoxy) is 1. The number of anilines is 2. The van der Waals surface area contributed by atoms with Gasteiger partial charge >= 0.3 is 5.97 Å². The second kappa shape index (κ2) is 6.87. The molecule has 0 aromatic heterocycles. The molecule has 2 amide bonds. The first kappa shape index (κ1) is 18.6. The van der Waals surface area contributed by atoms with Gasteiger partial charge in [0, 0.05) is 0 Å². The number of esters is 1. The number of carbonyl (C=O) groups excluding carboxylic acids is 3. The lowest BCUT2D eigenvalue weighted by Crippen LogP contribution is -2.59. The fourth-order valence-corrected chi connectivity index (χ4v) is 3.12. The highest BCUT2D eigenvalue weighted by Crippen LogP contribution is 2.36. The Kier molecular flexibility index (Phi) is 4.74. The monoisotopic (exact) mass is 366 g/mol. The molecule has 1 aliphatic rings. The Morgan fingerprint density at radius 2 is 1.81 bits per heavy atom. The molecule has 2 aromatic rings. The molecule has 27 heavy (non-hydrogen) atoms. The molecule has 1 aliphatic heterocycles. The molecule has 0 saturated heterocycles. The Hall–Kier alpha value is -3.15. The van der Waals surface area contributed by atoms with Crippen LogP contribution < -0.4 is 10.2 Å². The SMILES string of the molecule is Cc1ccc(C)c(C(=O)OCC(=O)N2c3ccccc3NC(=O)C2(C)C)c1. The predicted octanol–water partition coefficient (Wildman–Crippen LogP) is 3.22. The molecule has 0 spiro atoms. The Balaban J connectivity index is 1.82. The Bertz CT molecular complexity index is 934. The summed E-state index contributed by atoms with van der Waals surface area (Å²) in [4.78, 5) is 39.1. The van der Waals surface area contributed by atoms with Gasteiger partial charge in [-0.05, 0) is 51.5 Å². The van der Waals surface area contributed by atoms with Crippen molar-refractivity contribution in [1.29, 1.82) is 0 Å². The topological polar surface area (TPSA) is 75.7 Å². The maximum Gasteiger partial charge on any atom is 0.338 e. The Morgan fingerprint density at radius 1 is 1.11 bits per heavy atom. The average molecular weight is 366 g/mol. The van der Waals surface area contributed by atoms with Gasteiger partial charge in [-0.2, -0.15) is 0 Å². The van der Waals surface area contributed by atoms with Crippen LogP contribution >= 0.6 is 0 Å². The number of carbonyl (C=O) groups is 3. The standard InChI is InChI=1S/C21H22N2O4/c1-13-9-10-14(2)15(11-13)19(25)27-12-18(24)23-17-8-6-5-7-16(17)22-20(26)21(23,3)4/h5-11H,12H2,1-4H3,(H,22,26). The second-order valence-electron chi connectivity index (χ2n) is 7.15. The summed E-state index contributed by atoms with van der Waals surface area (Å²) in [5.74, 6) is -1.31. The Labute approximate surface area is 158 Å². The van der Waals surface area contributed by atoms with E-state index in [0.717, 1.165) is 11.1 Å². The van der Waals surface area contributed by atoms with Crippen LogP contribution in [0.4, 0.5) is 11.4 Å². The molecule has 0 radical (unpaired) electrons. The molecule has 1 N–H and O–H groups in total. The fourth-order valence-electron chi connectivity index (χ4n) is 3.12. The molecular weight excluding hydrogens is 344 g/mol. The molecule has 0 saturated carbocycles. The fraction of sp³-hybridized carbons (Fsp3) is 0.286. The molecule has 0 unspecified atom stereocenters. The third kappa shape index (κ3) is 3.43. The molecule has 0 aliphatic carbocycles. The molecule has 6 heteroatoms. The van der Waals surface area contributed by atoms with Crippen LogP contribution in [0.5, 0.6) is 0 Å². The van der Waals surface area contributed by atoms with E-state index in [1.54, 1.807) is 44.2 Å². The molecule has 2 aromatic carbocycles. The van der Waals surface area contributed by atoms with Crippen molar-refractivity contribution in [2.24, 2.45) is 0 Å². The lowest BCUT2D eigenvalue weighted by atomic mass is 9.96. The molecule has 1 heterocycles. The number of nitrogens with zero attached hydrogens (tertiary/aromatic N) is 1. The van der Waals surface area contributed by atoms with Crippen molar-refractivity contribution in [1.82, 2.24) is 0 Å². The maximum atomic E-state index is 12.9. The highest BCUT2D eigenvalue weighted by atomic mass is 16.5. The summed E-state index contributed by atoms with van der Waals surface area (Å²) in [6, 6.07) is 12.5. The van der Waals surface area contributed by atoms with Gasteiger partial charge in [-0.15, -0.1) is 0 Å². The van der Waals surface area contributed by atoms with Gasteiger partial charge in [-0.1, -0.05) is 29.8 Å².